The SMILES string of the molecule is CC(C)(C)c1ccc(COc2ccc(/C=N/Nc3cn[nH]c(=O)n3)cc2)cc1. The number of benzene rings is 2. The molecule has 0 spiro atoms. The molecule has 1 heterocycles. The Hall–Kier alpha value is -3.48. The Balaban J connectivity index is 1.53. The number of hydrazone groups is 1. The summed E-state index contributed by atoms with van der Waals surface area (Å²) < 4.78 is 5.84. The van der Waals surface area contributed by atoms with Gasteiger partial charge in [-0.1, -0.05) is 45.0 Å². The molecule has 0 unspecified atom stereocenters. The monoisotopic (exact) mass is 377 g/mol. The molecule has 3 rings (SSSR count). The Labute approximate surface area is 163 Å². The highest BCUT2D eigenvalue weighted by Gasteiger charge is 2.12. The van der Waals surface area contributed by atoms with Gasteiger partial charge < -0.3 is 4.74 Å². The summed E-state index contributed by atoms with van der Waals surface area (Å²) in [4.78, 5) is 14.7. The highest BCUT2D eigenvalue weighted by atomic mass is 16.5. The van der Waals surface area contributed by atoms with Crippen LogP contribution in [-0.4, -0.2) is 21.4 Å². The largest absolute Gasteiger partial charge is 0.489 e. The maximum Gasteiger partial charge on any atom is 0.363 e. The standard InChI is InChI=1S/C21H23N5O2/c1-21(2,3)17-8-4-16(5-9-17)14-28-18-10-6-15(7-11-18)12-22-25-19-13-23-26-20(27)24-19/h4-13H,14H2,1-3H3,(H2,24,25,26,27)/b22-12+. The lowest BCUT2D eigenvalue weighted by Gasteiger charge is -2.19. The molecule has 0 amide bonds. The van der Waals surface area contributed by atoms with Gasteiger partial charge in [-0.05, 0) is 46.4 Å². The second-order valence-corrected chi connectivity index (χ2v) is 7.35. The molecular formula is C21H23N5O2. The summed E-state index contributed by atoms with van der Waals surface area (Å²) in [5, 5.41) is 9.86. The quantitative estimate of drug-likeness (QED) is 0.507. The number of ether oxygens (including phenoxy) is 1. The minimum absolute atomic E-state index is 0.147. The number of hydrogen-bond acceptors (Lipinski definition) is 6. The average molecular weight is 377 g/mol. The van der Waals surface area contributed by atoms with Gasteiger partial charge in [0.15, 0.2) is 5.82 Å². The van der Waals surface area contributed by atoms with Crippen LogP contribution in [0, 0.1) is 0 Å². The van der Waals surface area contributed by atoms with Gasteiger partial charge >= 0.3 is 5.69 Å². The number of rotatable bonds is 6. The van der Waals surface area contributed by atoms with E-state index in [1.54, 1.807) is 6.21 Å². The first-order valence-electron chi connectivity index (χ1n) is 8.93. The van der Waals surface area contributed by atoms with E-state index >= 15 is 0 Å². The summed E-state index contributed by atoms with van der Waals surface area (Å²) in [6.07, 6.45) is 3.00. The molecule has 0 aliphatic carbocycles. The molecule has 7 nitrogen and oxygen atoms in total. The second kappa shape index (κ2) is 8.47. The number of nitrogens with zero attached hydrogens (tertiary/aromatic N) is 3. The molecule has 0 aliphatic heterocycles. The molecule has 1 aromatic heterocycles. The number of nitrogens with one attached hydrogen (secondary N) is 2. The van der Waals surface area contributed by atoms with Gasteiger partial charge in [0.05, 0.1) is 12.4 Å². The van der Waals surface area contributed by atoms with Crippen LogP contribution in [0.5, 0.6) is 5.75 Å². The van der Waals surface area contributed by atoms with Crippen molar-refractivity contribution in [2.24, 2.45) is 5.10 Å². The minimum atomic E-state index is -0.533. The summed E-state index contributed by atoms with van der Waals surface area (Å²) in [7, 11) is 0. The van der Waals surface area contributed by atoms with E-state index in [1.807, 2.05) is 24.3 Å². The topological polar surface area (TPSA) is 92.3 Å². The number of H-pyrrole nitrogens is 1. The third-order valence-electron chi connectivity index (χ3n) is 4.07. The molecular weight excluding hydrogens is 354 g/mol. The molecule has 0 saturated heterocycles. The highest BCUT2D eigenvalue weighted by molar-refractivity contribution is 5.80. The fraction of sp³-hybridized carbons (Fsp3) is 0.238. The molecule has 3 aromatic rings. The van der Waals surface area contributed by atoms with Crippen molar-refractivity contribution >= 4 is 12.0 Å². The average Bonchev–Trinajstić information content (AvgIpc) is 2.67. The van der Waals surface area contributed by atoms with Gasteiger partial charge in [0.25, 0.3) is 0 Å². The van der Waals surface area contributed by atoms with Crippen molar-refractivity contribution in [1.82, 2.24) is 15.2 Å². The summed E-state index contributed by atoms with van der Waals surface area (Å²) in [6.45, 7) is 7.12. The van der Waals surface area contributed by atoms with E-state index in [4.69, 9.17) is 4.74 Å². The zero-order valence-electron chi connectivity index (χ0n) is 16.1. The van der Waals surface area contributed by atoms with E-state index in [-0.39, 0.29) is 11.2 Å². The lowest BCUT2D eigenvalue weighted by Crippen LogP contribution is -2.13. The number of hydrogen-bond donors (Lipinski definition) is 2. The molecule has 144 valence electrons. The third kappa shape index (κ3) is 5.51. The first-order valence-corrected chi connectivity index (χ1v) is 8.93. The summed E-state index contributed by atoms with van der Waals surface area (Å²) >= 11 is 0. The first kappa shape index (κ1) is 19.3. The molecule has 0 saturated carbocycles. The predicted molar refractivity (Wildman–Crippen MR) is 110 cm³/mol. The van der Waals surface area contributed by atoms with Crippen LogP contribution in [0.2, 0.25) is 0 Å². The van der Waals surface area contributed by atoms with E-state index in [9.17, 15) is 4.79 Å². The zero-order valence-corrected chi connectivity index (χ0v) is 16.1. The number of aromatic amines is 1. The third-order valence-corrected chi connectivity index (χ3v) is 4.07. The maximum atomic E-state index is 11.1. The van der Waals surface area contributed by atoms with E-state index in [0.717, 1.165) is 16.9 Å². The van der Waals surface area contributed by atoms with Crippen LogP contribution in [0.25, 0.3) is 0 Å². The van der Waals surface area contributed by atoms with Crippen molar-refractivity contribution in [3.63, 3.8) is 0 Å². The van der Waals surface area contributed by atoms with E-state index < -0.39 is 5.69 Å². The lowest BCUT2D eigenvalue weighted by molar-refractivity contribution is 0.306. The van der Waals surface area contributed by atoms with Crippen molar-refractivity contribution in [3.8, 4) is 5.75 Å². The van der Waals surface area contributed by atoms with Gasteiger partial charge in [-0.2, -0.15) is 15.2 Å². The molecule has 0 fully saturated rings. The number of anilines is 1. The molecule has 7 heteroatoms. The van der Waals surface area contributed by atoms with Gasteiger partial charge in [0.1, 0.15) is 12.4 Å². The molecule has 0 bridgehead atoms. The van der Waals surface area contributed by atoms with Gasteiger partial charge in [0, 0.05) is 0 Å². The molecule has 28 heavy (non-hydrogen) atoms. The summed E-state index contributed by atoms with van der Waals surface area (Å²) in [5.74, 6) is 1.06. The Morgan fingerprint density at radius 3 is 2.46 bits per heavy atom. The van der Waals surface area contributed by atoms with Crippen LogP contribution in [0.15, 0.2) is 64.6 Å². The van der Waals surface area contributed by atoms with Crippen LogP contribution in [0.4, 0.5) is 5.82 Å². The van der Waals surface area contributed by atoms with Gasteiger partial charge in [-0.15, -0.1) is 0 Å². The fourth-order valence-corrected chi connectivity index (χ4v) is 2.46. The molecule has 0 radical (unpaired) electrons. The van der Waals surface area contributed by atoms with Crippen LogP contribution in [0.3, 0.4) is 0 Å². The Morgan fingerprint density at radius 2 is 1.82 bits per heavy atom. The van der Waals surface area contributed by atoms with Crippen molar-refractivity contribution in [1.29, 1.82) is 0 Å². The second-order valence-electron chi connectivity index (χ2n) is 7.35. The smallest absolute Gasteiger partial charge is 0.363 e. The van der Waals surface area contributed by atoms with Crippen molar-refractivity contribution in [2.45, 2.75) is 32.8 Å². The number of aromatic nitrogens is 3. The molecule has 0 aliphatic rings. The van der Waals surface area contributed by atoms with Gasteiger partial charge in [-0.3, -0.25) is 5.43 Å². The van der Waals surface area contributed by atoms with E-state index in [1.165, 1.54) is 11.8 Å². The zero-order chi connectivity index (χ0) is 20.0. The van der Waals surface area contributed by atoms with Crippen molar-refractivity contribution in [3.05, 3.63) is 81.9 Å². The highest BCUT2D eigenvalue weighted by Crippen LogP contribution is 2.22. The normalized spacial score (nSPS) is 11.5. The van der Waals surface area contributed by atoms with Crippen molar-refractivity contribution < 1.29 is 4.74 Å². The molecule has 0 atom stereocenters. The minimum Gasteiger partial charge on any atom is -0.489 e. The fourth-order valence-electron chi connectivity index (χ4n) is 2.46. The maximum absolute atomic E-state index is 11.1. The Kier molecular flexibility index (Phi) is 5.84. The Morgan fingerprint density at radius 1 is 1.11 bits per heavy atom. The summed E-state index contributed by atoms with van der Waals surface area (Å²) in [5.41, 5.74) is 5.58. The van der Waals surface area contributed by atoms with Gasteiger partial charge in [0.2, 0.25) is 0 Å². The molecule has 2 N–H and O–H groups in total. The lowest BCUT2D eigenvalue weighted by atomic mass is 9.87. The van der Waals surface area contributed by atoms with Crippen LogP contribution in [0.1, 0.15) is 37.5 Å². The van der Waals surface area contributed by atoms with Gasteiger partial charge in [-0.25, -0.2) is 9.89 Å². The Bertz CT molecular complexity index is 987. The molecule has 2 aromatic carbocycles. The van der Waals surface area contributed by atoms with Crippen LogP contribution >= 0.6 is 0 Å². The van der Waals surface area contributed by atoms with Crippen LogP contribution in [-0.2, 0) is 12.0 Å². The van der Waals surface area contributed by atoms with E-state index in [0.29, 0.717) is 6.61 Å². The van der Waals surface area contributed by atoms with Crippen LogP contribution < -0.4 is 15.9 Å². The summed E-state index contributed by atoms with van der Waals surface area (Å²) in [6, 6.07) is 16.1. The predicted octanol–water partition coefficient (Wildman–Crippen LogP) is 3.49. The van der Waals surface area contributed by atoms with Crippen molar-refractivity contribution in [2.75, 3.05) is 5.43 Å². The first-order chi connectivity index (χ1) is 13.4. The van der Waals surface area contributed by atoms with E-state index in [2.05, 4.69) is 70.7 Å².